The smallest absolute Gasteiger partial charge is 0.220 e. The molecule has 1 atom stereocenters. The van der Waals surface area contributed by atoms with Crippen LogP contribution in [0.15, 0.2) is 54.6 Å². The summed E-state index contributed by atoms with van der Waals surface area (Å²) in [6, 6.07) is 18.7. The van der Waals surface area contributed by atoms with Crippen LogP contribution in [-0.4, -0.2) is 48.4 Å². The Balaban J connectivity index is 1.51. The summed E-state index contributed by atoms with van der Waals surface area (Å²) in [7, 11) is 0. The molecular weight excluding hydrogens is 346 g/mol. The van der Waals surface area contributed by atoms with Gasteiger partial charge in [0, 0.05) is 45.7 Å². The number of piperazine rings is 1. The zero-order chi connectivity index (χ0) is 19.8. The second-order valence-electron chi connectivity index (χ2n) is 7.77. The molecule has 1 aliphatic rings. The number of hydrogen-bond donors (Lipinski definition) is 1. The van der Waals surface area contributed by atoms with Crippen LogP contribution in [0.4, 0.5) is 0 Å². The molecule has 0 bridgehead atoms. The van der Waals surface area contributed by atoms with E-state index in [0.717, 1.165) is 39.3 Å². The Morgan fingerprint density at radius 2 is 1.54 bits per heavy atom. The van der Waals surface area contributed by atoms with Crippen LogP contribution < -0.4 is 5.32 Å². The number of rotatable bonds is 8. The van der Waals surface area contributed by atoms with Crippen LogP contribution in [-0.2, 0) is 17.9 Å². The number of carbonyl (C=O) groups excluding carboxylic acids is 1. The Labute approximate surface area is 169 Å². The lowest BCUT2D eigenvalue weighted by Gasteiger charge is -2.34. The van der Waals surface area contributed by atoms with Crippen LogP contribution in [0, 0.1) is 0 Å². The summed E-state index contributed by atoms with van der Waals surface area (Å²) >= 11 is 0. The van der Waals surface area contributed by atoms with E-state index >= 15 is 0 Å². The average molecular weight is 380 g/mol. The number of amides is 1. The highest BCUT2D eigenvalue weighted by atomic mass is 16.1. The lowest BCUT2D eigenvalue weighted by atomic mass is 9.97. The van der Waals surface area contributed by atoms with E-state index in [-0.39, 0.29) is 11.8 Å². The second-order valence-corrected chi connectivity index (χ2v) is 7.77. The highest BCUT2D eigenvalue weighted by Crippen LogP contribution is 2.18. The van der Waals surface area contributed by atoms with E-state index in [1.807, 2.05) is 18.2 Å². The molecule has 2 aromatic carbocycles. The van der Waals surface area contributed by atoms with Crippen LogP contribution in [0.3, 0.4) is 0 Å². The summed E-state index contributed by atoms with van der Waals surface area (Å²) in [6.45, 7) is 11.6. The van der Waals surface area contributed by atoms with Gasteiger partial charge in [0.2, 0.25) is 5.91 Å². The Bertz CT molecular complexity index is 739. The molecule has 1 aliphatic heterocycles. The van der Waals surface area contributed by atoms with E-state index < -0.39 is 0 Å². The Morgan fingerprint density at radius 3 is 2.21 bits per heavy atom. The molecule has 0 spiro atoms. The first-order valence-corrected chi connectivity index (χ1v) is 10.5. The molecule has 2 aromatic rings. The zero-order valence-electron chi connectivity index (χ0n) is 17.2. The molecule has 0 saturated carbocycles. The number of likely N-dealkylation sites (N-methyl/N-ethyl adjacent to an activating group) is 1. The molecule has 4 nitrogen and oxygen atoms in total. The first-order chi connectivity index (χ1) is 13.7. The van der Waals surface area contributed by atoms with Crippen molar-refractivity contribution in [3.63, 3.8) is 0 Å². The van der Waals surface area contributed by atoms with Gasteiger partial charge in [-0.15, -0.1) is 0 Å². The van der Waals surface area contributed by atoms with Crippen molar-refractivity contribution in [2.75, 3.05) is 32.7 Å². The molecule has 28 heavy (non-hydrogen) atoms. The summed E-state index contributed by atoms with van der Waals surface area (Å²) in [5, 5.41) is 3.13. The Morgan fingerprint density at radius 1 is 0.929 bits per heavy atom. The molecule has 0 aromatic heterocycles. The summed E-state index contributed by atoms with van der Waals surface area (Å²) in [5.41, 5.74) is 3.76. The van der Waals surface area contributed by atoms with Gasteiger partial charge in [0.1, 0.15) is 0 Å². The van der Waals surface area contributed by atoms with Gasteiger partial charge < -0.3 is 10.2 Å². The number of benzene rings is 2. The van der Waals surface area contributed by atoms with Crippen LogP contribution in [0.2, 0.25) is 0 Å². The molecule has 1 amide bonds. The van der Waals surface area contributed by atoms with Crippen LogP contribution >= 0.6 is 0 Å². The van der Waals surface area contributed by atoms with E-state index in [2.05, 4.69) is 65.4 Å². The van der Waals surface area contributed by atoms with Gasteiger partial charge in [-0.1, -0.05) is 68.4 Å². The van der Waals surface area contributed by atoms with Gasteiger partial charge in [0.15, 0.2) is 0 Å². The van der Waals surface area contributed by atoms with Crippen molar-refractivity contribution in [1.82, 2.24) is 15.1 Å². The minimum atomic E-state index is 0.114. The maximum absolute atomic E-state index is 12.4. The summed E-state index contributed by atoms with van der Waals surface area (Å²) in [5.74, 6) is 0.342. The van der Waals surface area contributed by atoms with Crippen molar-refractivity contribution in [3.8, 4) is 0 Å². The molecule has 4 heteroatoms. The Kier molecular flexibility index (Phi) is 7.63. The van der Waals surface area contributed by atoms with Gasteiger partial charge in [0.25, 0.3) is 0 Å². The molecule has 0 radical (unpaired) electrons. The van der Waals surface area contributed by atoms with E-state index in [4.69, 9.17) is 0 Å². The van der Waals surface area contributed by atoms with Crippen molar-refractivity contribution >= 4 is 5.91 Å². The van der Waals surface area contributed by atoms with E-state index in [9.17, 15) is 4.79 Å². The maximum Gasteiger partial charge on any atom is 0.220 e. The zero-order valence-corrected chi connectivity index (χ0v) is 17.2. The fourth-order valence-electron chi connectivity index (χ4n) is 3.83. The van der Waals surface area contributed by atoms with Crippen LogP contribution in [0.25, 0.3) is 0 Å². The summed E-state index contributed by atoms with van der Waals surface area (Å²) < 4.78 is 0. The fraction of sp³-hybridized carbons (Fsp3) is 0.458. The van der Waals surface area contributed by atoms with Gasteiger partial charge >= 0.3 is 0 Å². The highest BCUT2D eigenvalue weighted by Gasteiger charge is 2.17. The van der Waals surface area contributed by atoms with Crippen molar-refractivity contribution in [3.05, 3.63) is 71.3 Å². The molecule has 150 valence electrons. The van der Waals surface area contributed by atoms with E-state index in [0.29, 0.717) is 13.0 Å². The second kappa shape index (κ2) is 10.4. The number of nitrogens with zero attached hydrogens (tertiary/aromatic N) is 2. The van der Waals surface area contributed by atoms with Gasteiger partial charge in [-0.3, -0.25) is 9.69 Å². The summed E-state index contributed by atoms with van der Waals surface area (Å²) in [4.78, 5) is 17.5. The standard InChI is InChI=1S/C24H33N3O/c1-3-26-13-15-27(16-14-26)19-23-12-8-7-11-22(23)18-25-24(28)17-20(2)21-9-5-4-6-10-21/h4-12,20H,3,13-19H2,1-2H3,(H,25,28)/t20-/m1/s1. The molecule has 0 aliphatic carbocycles. The molecule has 3 rings (SSSR count). The predicted octanol–water partition coefficient (Wildman–Crippen LogP) is 3.63. The summed E-state index contributed by atoms with van der Waals surface area (Å²) in [6.07, 6.45) is 0.519. The van der Waals surface area contributed by atoms with Crippen molar-refractivity contribution in [2.24, 2.45) is 0 Å². The predicted molar refractivity (Wildman–Crippen MR) is 115 cm³/mol. The van der Waals surface area contributed by atoms with Gasteiger partial charge in [0.05, 0.1) is 0 Å². The normalized spacial score (nSPS) is 16.6. The van der Waals surface area contributed by atoms with E-state index in [1.54, 1.807) is 0 Å². The maximum atomic E-state index is 12.4. The van der Waals surface area contributed by atoms with Gasteiger partial charge in [-0.25, -0.2) is 0 Å². The van der Waals surface area contributed by atoms with Crippen LogP contribution in [0.1, 0.15) is 42.9 Å². The number of carbonyl (C=O) groups is 1. The van der Waals surface area contributed by atoms with Crippen molar-refractivity contribution < 1.29 is 4.79 Å². The number of nitrogens with one attached hydrogen (secondary N) is 1. The molecular formula is C24H33N3O. The van der Waals surface area contributed by atoms with Gasteiger partial charge in [-0.05, 0) is 29.2 Å². The van der Waals surface area contributed by atoms with Gasteiger partial charge in [-0.2, -0.15) is 0 Å². The lowest BCUT2D eigenvalue weighted by Crippen LogP contribution is -2.45. The highest BCUT2D eigenvalue weighted by molar-refractivity contribution is 5.76. The third kappa shape index (κ3) is 5.91. The van der Waals surface area contributed by atoms with E-state index in [1.165, 1.54) is 16.7 Å². The first kappa shape index (κ1) is 20.6. The molecule has 1 N–H and O–H groups in total. The monoisotopic (exact) mass is 379 g/mol. The first-order valence-electron chi connectivity index (χ1n) is 10.5. The van der Waals surface area contributed by atoms with Crippen molar-refractivity contribution in [2.45, 2.75) is 39.3 Å². The third-order valence-electron chi connectivity index (χ3n) is 5.76. The SMILES string of the molecule is CCN1CCN(Cc2ccccc2CNC(=O)C[C@@H](C)c2ccccc2)CC1. The minimum absolute atomic E-state index is 0.114. The lowest BCUT2D eigenvalue weighted by molar-refractivity contribution is -0.121. The molecule has 1 fully saturated rings. The number of hydrogen-bond acceptors (Lipinski definition) is 3. The largest absolute Gasteiger partial charge is 0.352 e. The fourth-order valence-corrected chi connectivity index (χ4v) is 3.83. The quantitative estimate of drug-likeness (QED) is 0.761. The molecule has 1 heterocycles. The molecule has 1 saturated heterocycles. The van der Waals surface area contributed by atoms with Crippen molar-refractivity contribution in [1.29, 1.82) is 0 Å². The third-order valence-corrected chi connectivity index (χ3v) is 5.76. The topological polar surface area (TPSA) is 35.6 Å². The Hall–Kier alpha value is -2.17. The van der Waals surface area contributed by atoms with Crippen LogP contribution in [0.5, 0.6) is 0 Å². The average Bonchev–Trinajstić information content (AvgIpc) is 2.74. The minimum Gasteiger partial charge on any atom is -0.352 e. The molecule has 0 unspecified atom stereocenters.